The Morgan fingerprint density at radius 3 is 2.64 bits per heavy atom. The van der Waals surface area contributed by atoms with Gasteiger partial charge in [-0.2, -0.15) is 5.26 Å². The summed E-state index contributed by atoms with van der Waals surface area (Å²) in [6.45, 7) is 1.77. The standard InChI is InChI=1S/C6H4IN3S/c1-3-4(2-8)5(11)10-6(7)9-3/h1H3,(H,9,10,11). The van der Waals surface area contributed by atoms with Crippen LogP contribution in [-0.4, -0.2) is 9.97 Å². The quantitative estimate of drug-likeness (QED) is 0.339. The first-order valence-electron chi connectivity index (χ1n) is 2.78. The lowest BCUT2D eigenvalue weighted by atomic mass is 10.3. The van der Waals surface area contributed by atoms with Gasteiger partial charge in [0, 0.05) is 22.6 Å². The SMILES string of the molecule is Cc1nc(I)nc(S)c1C#N. The third-order valence-electron chi connectivity index (χ3n) is 1.16. The van der Waals surface area contributed by atoms with Crippen LogP contribution in [0.3, 0.4) is 0 Å². The minimum absolute atomic E-state index is 0.449. The van der Waals surface area contributed by atoms with Gasteiger partial charge in [0.1, 0.15) is 16.7 Å². The molecule has 1 aromatic rings. The van der Waals surface area contributed by atoms with Crippen molar-refractivity contribution in [1.29, 1.82) is 5.26 Å². The zero-order chi connectivity index (χ0) is 8.43. The van der Waals surface area contributed by atoms with Crippen molar-refractivity contribution in [3.63, 3.8) is 0 Å². The van der Waals surface area contributed by atoms with Crippen LogP contribution >= 0.6 is 35.2 Å². The van der Waals surface area contributed by atoms with Crippen molar-refractivity contribution >= 4 is 35.2 Å². The third-order valence-corrected chi connectivity index (χ3v) is 1.96. The Bertz CT molecular complexity index is 308. The fraction of sp³-hybridized carbons (Fsp3) is 0.167. The van der Waals surface area contributed by atoms with Gasteiger partial charge in [-0.3, -0.25) is 0 Å². The van der Waals surface area contributed by atoms with Crippen molar-refractivity contribution in [1.82, 2.24) is 9.97 Å². The largest absolute Gasteiger partial charge is 0.227 e. The van der Waals surface area contributed by atoms with Crippen LogP contribution in [0.15, 0.2) is 5.03 Å². The Morgan fingerprint density at radius 1 is 1.55 bits per heavy atom. The molecule has 1 rings (SSSR count). The molecule has 11 heavy (non-hydrogen) atoms. The van der Waals surface area contributed by atoms with E-state index in [0.29, 0.717) is 20.1 Å². The number of nitriles is 1. The van der Waals surface area contributed by atoms with Crippen LogP contribution in [0.25, 0.3) is 0 Å². The van der Waals surface area contributed by atoms with Gasteiger partial charge in [-0.1, -0.05) is 0 Å². The number of nitrogens with zero attached hydrogens (tertiary/aromatic N) is 3. The maximum absolute atomic E-state index is 8.61. The zero-order valence-electron chi connectivity index (χ0n) is 5.67. The monoisotopic (exact) mass is 277 g/mol. The molecule has 0 spiro atoms. The van der Waals surface area contributed by atoms with Crippen LogP contribution in [0, 0.1) is 22.1 Å². The second kappa shape index (κ2) is 3.36. The van der Waals surface area contributed by atoms with E-state index >= 15 is 0 Å². The van der Waals surface area contributed by atoms with Gasteiger partial charge in [0.25, 0.3) is 0 Å². The van der Waals surface area contributed by atoms with Gasteiger partial charge < -0.3 is 0 Å². The van der Waals surface area contributed by atoms with Crippen molar-refractivity contribution in [2.75, 3.05) is 0 Å². The minimum Gasteiger partial charge on any atom is -0.227 e. The summed E-state index contributed by atoms with van der Waals surface area (Å²) < 4.78 is 0.615. The Kier molecular flexibility index (Phi) is 2.67. The lowest BCUT2D eigenvalue weighted by Gasteiger charge is -1.98. The van der Waals surface area contributed by atoms with Crippen molar-refractivity contribution in [3.8, 4) is 6.07 Å². The van der Waals surface area contributed by atoms with E-state index in [-0.39, 0.29) is 0 Å². The number of thiol groups is 1. The van der Waals surface area contributed by atoms with E-state index < -0.39 is 0 Å². The van der Waals surface area contributed by atoms with Crippen molar-refractivity contribution in [2.45, 2.75) is 11.9 Å². The van der Waals surface area contributed by atoms with Gasteiger partial charge >= 0.3 is 0 Å². The molecule has 5 heteroatoms. The van der Waals surface area contributed by atoms with Crippen molar-refractivity contribution < 1.29 is 0 Å². The van der Waals surface area contributed by atoms with Crippen LogP contribution in [-0.2, 0) is 0 Å². The molecule has 0 unspecified atom stereocenters. The molecule has 0 fully saturated rings. The van der Waals surface area contributed by atoms with Crippen LogP contribution in [0.4, 0.5) is 0 Å². The number of rotatable bonds is 0. The second-order valence-electron chi connectivity index (χ2n) is 1.89. The highest BCUT2D eigenvalue weighted by Crippen LogP contribution is 2.13. The topological polar surface area (TPSA) is 49.6 Å². The first kappa shape index (κ1) is 8.74. The number of hydrogen-bond acceptors (Lipinski definition) is 4. The lowest BCUT2D eigenvalue weighted by Crippen LogP contribution is -1.96. The van der Waals surface area contributed by atoms with E-state index in [1.165, 1.54) is 0 Å². The van der Waals surface area contributed by atoms with Crippen LogP contribution in [0.5, 0.6) is 0 Å². The Morgan fingerprint density at radius 2 is 2.18 bits per heavy atom. The molecule has 0 saturated carbocycles. The van der Waals surface area contributed by atoms with Gasteiger partial charge in [-0.15, -0.1) is 12.6 Å². The fourth-order valence-electron chi connectivity index (χ4n) is 0.655. The highest BCUT2D eigenvalue weighted by Gasteiger charge is 2.05. The summed E-state index contributed by atoms with van der Waals surface area (Å²) in [6.07, 6.45) is 0. The van der Waals surface area contributed by atoms with E-state index in [0.717, 1.165) is 0 Å². The van der Waals surface area contributed by atoms with E-state index in [1.54, 1.807) is 6.92 Å². The first-order valence-corrected chi connectivity index (χ1v) is 4.31. The predicted molar refractivity (Wildman–Crippen MR) is 51.5 cm³/mol. The molecule has 0 aromatic carbocycles. The number of halogens is 1. The summed E-state index contributed by atoms with van der Waals surface area (Å²) in [6, 6.07) is 1.99. The second-order valence-corrected chi connectivity index (χ2v) is 3.28. The molecule has 0 aliphatic rings. The summed E-state index contributed by atoms with van der Waals surface area (Å²) in [7, 11) is 0. The van der Waals surface area contributed by atoms with Crippen LogP contribution in [0.1, 0.15) is 11.3 Å². The summed E-state index contributed by atoms with van der Waals surface area (Å²) in [4.78, 5) is 7.93. The first-order chi connectivity index (χ1) is 5.15. The summed E-state index contributed by atoms with van der Waals surface area (Å²) in [5.74, 6) is 0. The molecule has 0 aliphatic heterocycles. The van der Waals surface area contributed by atoms with Crippen LogP contribution < -0.4 is 0 Å². The summed E-state index contributed by atoms with van der Waals surface area (Å²) >= 11 is 6.02. The van der Waals surface area contributed by atoms with Crippen LogP contribution in [0.2, 0.25) is 0 Å². The maximum atomic E-state index is 8.61. The third kappa shape index (κ3) is 1.81. The molecule has 0 amide bonds. The van der Waals surface area contributed by atoms with Gasteiger partial charge in [0.2, 0.25) is 0 Å². The van der Waals surface area contributed by atoms with Crippen molar-refractivity contribution in [3.05, 3.63) is 15.1 Å². The fourth-order valence-corrected chi connectivity index (χ4v) is 1.76. The molecule has 0 N–H and O–H groups in total. The lowest BCUT2D eigenvalue weighted by molar-refractivity contribution is 0.952. The molecule has 0 aliphatic carbocycles. The van der Waals surface area contributed by atoms with Gasteiger partial charge in [0.15, 0.2) is 3.83 Å². The molecular formula is C6H4IN3S. The molecular weight excluding hydrogens is 273 g/mol. The molecule has 1 heterocycles. The summed E-state index contributed by atoms with van der Waals surface area (Å²) in [5.41, 5.74) is 1.13. The highest BCUT2D eigenvalue weighted by atomic mass is 127. The van der Waals surface area contributed by atoms with E-state index in [2.05, 4.69) is 22.6 Å². The zero-order valence-corrected chi connectivity index (χ0v) is 8.72. The molecule has 0 saturated heterocycles. The molecule has 1 aromatic heterocycles. The molecule has 3 nitrogen and oxygen atoms in total. The normalized spacial score (nSPS) is 9.27. The molecule has 0 atom stereocenters. The molecule has 0 radical (unpaired) electrons. The minimum atomic E-state index is 0.449. The van der Waals surface area contributed by atoms with Gasteiger partial charge in [0.05, 0.1) is 5.69 Å². The van der Waals surface area contributed by atoms with Gasteiger partial charge in [-0.05, 0) is 6.92 Å². The van der Waals surface area contributed by atoms with E-state index in [4.69, 9.17) is 5.26 Å². The Labute approximate surface area is 83.4 Å². The summed E-state index contributed by atoms with van der Waals surface area (Å²) in [5, 5.41) is 9.06. The molecule has 0 bridgehead atoms. The molecule has 56 valence electrons. The Balaban J connectivity index is 3.40. The Hall–Kier alpha value is -0.350. The number of hydrogen-bond donors (Lipinski definition) is 1. The van der Waals surface area contributed by atoms with E-state index in [9.17, 15) is 0 Å². The van der Waals surface area contributed by atoms with Crippen molar-refractivity contribution in [2.24, 2.45) is 0 Å². The number of aryl methyl sites for hydroxylation is 1. The predicted octanol–water partition coefficient (Wildman–Crippen LogP) is 1.55. The van der Waals surface area contributed by atoms with E-state index in [1.807, 2.05) is 28.7 Å². The maximum Gasteiger partial charge on any atom is 0.192 e. The average Bonchev–Trinajstić information content (AvgIpc) is 1.85. The smallest absolute Gasteiger partial charge is 0.192 e. The number of aromatic nitrogens is 2. The average molecular weight is 277 g/mol. The van der Waals surface area contributed by atoms with Gasteiger partial charge in [-0.25, -0.2) is 9.97 Å². The highest BCUT2D eigenvalue weighted by molar-refractivity contribution is 14.1.